The minimum absolute atomic E-state index is 0.212. The molecule has 0 aromatic carbocycles. The van der Waals surface area contributed by atoms with E-state index in [1.807, 2.05) is 13.8 Å². The Hall–Kier alpha value is -0.130. The SMILES string of the molecule is CC.NN1CCS(=O)(=O)CC1. The number of nitrogens with zero attached hydrogens (tertiary/aromatic N) is 1. The van der Waals surface area contributed by atoms with Gasteiger partial charge in [-0.3, -0.25) is 5.84 Å². The van der Waals surface area contributed by atoms with Crippen molar-refractivity contribution in [2.45, 2.75) is 13.8 Å². The summed E-state index contributed by atoms with van der Waals surface area (Å²) in [5.41, 5.74) is 0. The fourth-order valence-electron chi connectivity index (χ4n) is 0.727. The zero-order chi connectivity index (χ0) is 8.91. The molecule has 4 nitrogen and oxygen atoms in total. The third-order valence-electron chi connectivity index (χ3n) is 1.38. The lowest BCUT2D eigenvalue weighted by molar-refractivity contribution is 0.307. The van der Waals surface area contributed by atoms with Crippen molar-refractivity contribution in [3.8, 4) is 0 Å². The minimum Gasteiger partial charge on any atom is -0.269 e. The van der Waals surface area contributed by atoms with E-state index >= 15 is 0 Å². The van der Waals surface area contributed by atoms with Crippen LogP contribution < -0.4 is 5.84 Å². The molecule has 1 aliphatic rings. The first kappa shape index (κ1) is 10.9. The average molecular weight is 180 g/mol. The summed E-state index contributed by atoms with van der Waals surface area (Å²) in [4.78, 5) is 0. The van der Waals surface area contributed by atoms with Crippen LogP contribution in [0.15, 0.2) is 0 Å². The molecule has 0 spiro atoms. The minimum atomic E-state index is -2.74. The molecule has 1 fully saturated rings. The summed E-state index contributed by atoms with van der Waals surface area (Å²) in [6.07, 6.45) is 0. The quantitative estimate of drug-likeness (QED) is 0.516. The van der Waals surface area contributed by atoms with Crippen molar-refractivity contribution in [3.05, 3.63) is 0 Å². The molecule has 0 unspecified atom stereocenters. The van der Waals surface area contributed by atoms with E-state index in [-0.39, 0.29) is 11.5 Å². The van der Waals surface area contributed by atoms with Crippen LogP contribution in [0.4, 0.5) is 0 Å². The normalized spacial score (nSPS) is 23.5. The predicted octanol–water partition coefficient (Wildman–Crippen LogP) is -0.383. The number of hydrogen-bond acceptors (Lipinski definition) is 4. The van der Waals surface area contributed by atoms with Gasteiger partial charge in [0, 0.05) is 13.1 Å². The van der Waals surface area contributed by atoms with Crippen LogP contribution in [-0.4, -0.2) is 38.0 Å². The van der Waals surface area contributed by atoms with Crippen molar-refractivity contribution in [1.82, 2.24) is 5.01 Å². The molecule has 0 aromatic heterocycles. The Morgan fingerprint density at radius 1 is 1.18 bits per heavy atom. The number of hydrazine groups is 1. The number of hydrogen-bond donors (Lipinski definition) is 1. The van der Waals surface area contributed by atoms with E-state index < -0.39 is 9.84 Å². The molecular weight excluding hydrogens is 164 g/mol. The van der Waals surface area contributed by atoms with E-state index in [4.69, 9.17) is 5.84 Å². The Bertz CT molecular complexity index is 175. The van der Waals surface area contributed by atoms with E-state index in [2.05, 4.69) is 0 Å². The highest BCUT2D eigenvalue weighted by Crippen LogP contribution is 1.97. The summed E-state index contributed by atoms with van der Waals surface area (Å²) in [6, 6.07) is 0. The summed E-state index contributed by atoms with van der Waals surface area (Å²) >= 11 is 0. The maximum absolute atomic E-state index is 10.7. The van der Waals surface area contributed by atoms with Gasteiger partial charge in [-0.25, -0.2) is 13.4 Å². The van der Waals surface area contributed by atoms with E-state index in [0.29, 0.717) is 13.1 Å². The van der Waals surface area contributed by atoms with Crippen LogP contribution in [0.5, 0.6) is 0 Å². The van der Waals surface area contributed by atoms with E-state index in [1.54, 1.807) is 0 Å². The van der Waals surface area contributed by atoms with Crippen molar-refractivity contribution >= 4 is 9.84 Å². The molecule has 1 saturated heterocycles. The summed E-state index contributed by atoms with van der Waals surface area (Å²) in [5.74, 6) is 5.75. The first-order chi connectivity index (χ1) is 5.10. The molecule has 0 atom stereocenters. The van der Waals surface area contributed by atoms with E-state index in [0.717, 1.165) is 0 Å². The molecule has 0 bridgehead atoms. The molecular formula is C6H16N2O2S. The number of nitrogens with two attached hydrogens (primary N) is 1. The molecule has 2 N–H and O–H groups in total. The third kappa shape index (κ3) is 4.34. The molecule has 5 heteroatoms. The fraction of sp³-hybridized carbons (Fsp3) is 1.00. The van der Waals surface area contributed by atoms with Gasteiger partial charge in [-0.05, 0) is 0 Å². The van der Waals surface area contributed by atoms with Crippen molar-refractivity contribution in [2.75, 3.05) is 24.6 Å². The first-order valence-corrected chi connectivity index (χ1v) is 5.62. The van der Waals surface area contributed by atoms with Crippen LogP contribution in [0, 0.1) is 0 Å². The molecule has 0 radical (unpaired) electrons. The van der Waals surface area contributed by atoms with Crippen molar-refractivity contribution < 1.29 is 8.42 Å². The second-order valence-electron chi connectivity index (χ2n) is 2.19. The van der Waals surface area contributed by atoms with Gasteiger partial charge in [-0.15, -0.1) is 0 Å². The molecule has 1 aliphatic heterocycles. The second-order valence-corrected chi connectivity index (χ2v) is 4.49. The van der Waals surface area contributed by atoms with Gasteiger partial charge in [0.15, 0.2) is 9.84 Å². The van der Waals surface area contributed by atoms with Gasteiger partial charge in [0.1, 0.15) is 0 Å². The summed E-state index contributed by atoms with van der Waals surface area (Å²) in [7, 11) is -2.74. The molecule has 0 aromatic rings. The standard InChI is InChI=1S/C4H10N2O2S.C2H6/c5-6-1-3-9(7,8)4-2-6;1-2/h1-5H2;1-2H3. The zero-order valence-electron chi connectivity index (χ0n) is 7.08. The topological polar surface area (TPSA) is 63.4 Å². The van der Waals surface area contributed by atoms with Gasteiger partial charge in [0.25, 0.3) is 0 Å². The Labute approximate surface area is 68.3 Å². The van der Waals surface area contributed by atoms with Crippen molar-refractivity contribution in [2.24, 2.45) is 5.84 Å². The highest BCUT2D eigenvalue weighted by atomic mass is 32.2. The Morgan fingerprint density at radius 3 is 1.82 bits per heavy atom. The third-order valence-corrected chi connectivity index (χ3v) is 2.99. The Kier molecular flexibility index (Phi) is 4.63. The summed E-state index contributed by atoms with van der Waals surface area (Å²) < 4.78 is 21.4. The molecule has 68 valence electrons. The molecule has 1 rings (SSSR count). The monoisotopic (exact) mass is 180 g/mol. The fourth-order valence-corrected chi connectivity index (χ4v) is 1.96. The van der Waals surface area contributed by atoms with Crippen LogP contribution >= 0.6 is 0 Å². The Morgan fingerprint density at radius 2 is 1.55 bits per heavy atom. The summed E-state index contributed by atoms with van der Waals surface area (Å²) in [5, 5.41) is 1.53. The Balaban J connectivity index is 0.000000461. The maximum atomic E-state index is 10.7. The van der Waals surface area contributed by atoms with Gasteiger partial charge in [-0.1, -0.05) is 13.8 Å². The number of rotatable bonds is 0. The molecule has 1 heterocycles. The van der Waals surface area contributed by atoms with E-state index in [1.165, 1.54) is 5.01 Å². The van der Waals surface area contributed by atoms with Gasteiger partial charge in [0.05, 0.1) is 11.5 Å². The van der Waals surface area contributed by atoms with Crippen LogP contribution in [0.3, 0.4) is 0 Å². The smallest absolute Gasteiger partial charge is 0.152 e. The van der Waals surface area contributed by atoms with Gasteiger partial charge in [-0.2, -0.15) is 0 Å². The number of sulfone groups is 1. The average Bonchev–Trinajstić information content (AvgIpc) is 2.00. The van der Waals surface area contributed by atoms with Crippen LogP contribution in [0.2, 0.25) is 0 Å². The van der Waals surface area contributed by atoms with Gasteiger partial charge in [0.2, 0.25) is 0 Å². The predicted molar refractivity (Wildman–Crippen MR) is 45.8 cm³/mol. The first-order valence-electron chi connectivity index (χ1n) is 3.80. The zero-order valence-corrected chi connectivity index (χ0v) is 7.89. The summed E-state index contributed by atoms with van der Waals surface area (Å²) in [6.45, 7) is 4.95. The van der Waals surface area contributed by atoms with Gasteiger partial charge < -0.3 is 0 Å². The van der Waals surface area contributed by atoms with E-state index in [9.17, 15) is 8.42 Å². The second kappa shape index (κ2) is 4.69. The lowest BCUT2D eigenvalue weighted by Gasteiger charge is -2.20. The molecule has 0 aliphatic carbocycles. The molecule has 11 heavy (non-hydrogen) atoms. The lowest BCUT2D eigenvalue weighted by atomic mass is 10.6. The van der Waals surface area contributed by atoms with Crippen molar-refractivity contribution in [1.29, 1.82) is 0 Å². The highest BCUT2D eigenvalue weighted by molar-refractivity contribution is 7.91. The van der Waals surface area contributed by atoms with Gasteiger partial charge >= 0.3 is 0 Å². The highest BCUT2D eigenvalue weighted by Gasteiger charge is 2.18. The van der Waals surface area contributed by atoms with Crippen LogP contribution in [0.1, 0.15) is 13.8 Å². The largest absolute Gasteiger partial charge is 0.269 e. The lowest BCUT2D eigenvalue weighted by Crippen LogP contribution is -2.44. The van der Waals surface area contributed by atoms with Crippen LogP contribution in [-0.2, 0) is 9.84 Å². The maximum Gasteiger partial charge on any atom is 0.152 e. The van der Waals surface area contributed by atoms with Crippen molar-refractivity contribution in [3.63, 3.8) is 0 Å². The van der Waals surface area contributed by atoms with Crippen LogP contribution in [0.25, 0.3) is 0 Å². The molecule has 0 saturated carbocycles. The molecule has 0 amide bonds.